The molecule has 0 unspecified atom stereocenters. The number of amides is 1. The molecule has 3 rings (SSSR count). The largest absolute Gasteiger partial charge is 0.484 e. The van der Waals surface area contributed by atoms with Gasteiger partial charge in [0.05, 0.1) is 11.9 Å². The van der Waals surface area contributed by atoms with E-state index >= 15 is 0 Å². The van der Waals surface area contributed by atoms with E-state index in [9.17, 15) is 4.79 Å². The van der Waals surface area contributed by atoms with Crippen LogP contribution in [0.25, 0.3) is 0 Å². The number of pyridine rings is 1. The van der Waals surface area contributed by atoms with Crippen LogP contribution in [0.2, 0.25) is 5.02 Å². The van der Waals surface area contributed by atoms with Crippen molar-refractivity contribution < 1.29 is 9.53 Å². The lowest BCUT2D eigenvalue weighted by Crippen LogP contribution is -2.20. The lowest BCUT2D eigenvalue weighted by molar-refractivity contribution is -0.118. The molecule has 5 nitrogen and oxygen atoms in total. The molecule has 0 spiro atoms. The highest BCUT2D eigenvalue weighted by molar-refractivity contribution is 6.31. The summed E-state index contributed by atoms with van der Waals surface area (Å²) in [5.41, 5.74) is 2.74. The van der Waals surface area contributed by atoms with Crippen LogP contribution in [0.5, 0.6) is 5.75 Å². The minimum absolute atomic E-state index is 0.0600. The smallest absolute Gasteiger partial charge is 0.262 e. The van der Waals surface area contributed by atoms with E-state index in [2.05, 4.69) is 15.6 Å². The summed E-state index contributed by atoms with van der Waals surface area (Å²) in [6.07, 6.45) is 1.60. The van der Waals surface area contributed by atoms with Crippen molar-refractivity contribution in [2.24, 2.45) is 0 Å². The van der Waals surface area contributed by atoms with Crippen molar-refractivity contribution >= 4 is 29.0 Å². The third-order valence-electron chi connectivity index (χ3n) is 3.86. The minimum atomic E-state index is -0.242. The van der Waals surface area contributed by atoms with Gasteiger partial charge in [-0.25, -0.2) is 4.98 Å². The number of carbonyl (C=O) groups is 1. The number of aryl methyl sites for hydroxylation is 1. The molecule has 2 N–H and O–H groups in total. The molecule has 27 heavy (non-hydrogen) atoms. The quantitative estimate of drug-likeness (QED) is 0.624. The van der Waals surface area contributed by atoms with Gasteiger partial charge in [-0.15, -0.1) is 0 Å². The molecule has 0 aliphatic carbocycles. The fourth-order valence-corrected chi connectivity index (χ4v) is 2.58. The van der Waals surface area contributed by atoms with Crippen molar-refractivity contribution in [2.75, 3.05) is 17.2 Å². The zero-order valence-electron chi connectivity index (χ0n) is 14.9. The lowest BCUT2D eigenvalue weighted by atomic mass is 10.2. The van der Waals surface area contributed by atoms with E-state index in [4.69, 9.17) is 16.3 Å². The molecule has 0 fully saturated rings. The molecule has 0 saturated heterocycles. The van der Waals surface area contributed by atoms with Gasteiger partial charge in [0.15, 0.2) is 6.61 Å². The number of nitrogens with zero attached hydrogens (tertiary/aromatic N) is 1. The minimum Gasteiger partial charge on any atom is -0.484 e. The second-order valence-corrected chi connectivity index (χ2v) is 6.43. The number of benzene rings is 2. The number of rotatable bonds is 7. The first-order chi connectivity index (χ1) is 13.1. The van der Waals surface area contributed by atoms with Gasteiger partial charge in [0.25, 0.3) is 5.91 Å². The Labute approximate surface area is 163 Å². The van der Waals surface area contributed by atoms with Crippen LogP contribution in [0.15, 0.2) is 66.9 Å². The van der Waals surface area contributed by atoms with E-state index in [-0.39, 0.29) is 12.5 Å². The molecule has 0 aliphatic heterocycles. The van der Waals surface area contributed by atoms with E-state index in [0.29, 0.717) is 28.8 Å². The maximum absolute atomic E-state index is 12.0. The number of nitrogens with one attached hydrogen (secondary N) is 2. The molecule has 0 radical (unpaired) electrons. The van der Waals surface area contributed by atoms with Crippen LogP contribution >= 0.6 is 11.6 Å². The Balaban J connectivity index is 1.47. The van der Waals surface area contributed by atoms with Crippen LogP contribution in [0.4, 0.5) is 11.5 Å². The van der Waals surface area contributed by atoms with Gasteiger partial charge in [0, 0.05) is 11.6 Å². The van der Waals surface area contributed by atoms with Crippen molar-refractivity contribution in [1.29, 1.82) is 0 Å². The molecular weight excluding hydrogens is 362 g/mol. The number of halogens is 1. The summed E-state index contributed by atoms with van der Waals surface area (Å²) >= 11 is 6.13. The van der Waals surface area contributed by atoms with Gasteiger partial charge in [0.1, 0.15) is 11.6 Å². The van der Waals surface area contributed by atoms with Crippen LogP contribution in [-0.4, -0.2) is 17.5 Å². The highest BCUT2D eigenvalue weighted by atomic mass is 35.5. The Morgan fingerprint density at radius 1 is 1.07 bits per heavy atom. The summed E-state index contributed by atoms with van der Waals surface area (Å²) in [5, 5.41) is 6.67. The van der Waals surface area contributed by atoms with Crippen molar-refractivity contribution in [2.45, 2.75) is 13.5 Å². The number of carbonyl (C=O) groups excluding carboxylic acids is 1. The number of aromatic nitrogens is 1. The fraction of sp³-hybridized carbons (Fsp3) is 0.143. The summed E-state index contributed by atoms with van der Waals surface area (Å²) in [6, 6.07) is 18.8. The highest BCUT2D eigenvalue weighted by Gasteiger charge is 2.05. The van der Waals surface area contributed by atoms with E-state index in [0.717, 1.165) is 11.1 Å². The molecule has 6 heteroatoms. The Hall–Kier alpha value is -3.05. The maximum Gasteiger partial charge on any atom is 0.262 e. The SMILES string of the molecule is Cc1ccc(OCC(=O)Nc2ccc(NCc3ccccc3Cl)nc2)cc1. The summed E-state index contributed by atoms with van der Waals surface area (Å²) in [4.78, 5) is 16.3. The molecule has 1 aromatic heterocycles. The molecule has 138 valence electrons. The monoisotopic (exact) mass is 381 g/mol. The molecule has 0 atom stereocenters. The highest BCUT2D eigenvalue weighted by Crippen LogP contribution is 2.17. The lowest BCUT2D eigenvalue weighted by Gasteiger charge is -2.09. The third-order valence-corrected chi connectivity index (χ3v) is 4.22. The van der Waals surface area contributed by atoms with E-state index < -0.39 is 0 Å². The van der Waals surface area contributed by atoms with Crippen LogP contribution in [0.1, 0.15) is 11.1 Å². The number of anilines is 2. The molecule has 1 heterocycles. The normalized spacial score (nSPS) is 10.3. The molecule has 1 amide bonds. The average Bonchev–Trinajstić information content (AvgIpc) is 2.68. The van der Waals surface area contributed by atoms with Gasteiger partial charge in [0.2, 0.25) is 0 Å². The van der Waals surface area contributed by atoms with Crippen molar-refractivity contribution in [3.63, 3.8) is 0 Å². The van der Waals surface area contributed by atoms with Crippen LogP contribution in [0.3, 0.4) is 0 Å². The summed E-state index contributed by atoms with van der Waals surface area (Å²) in [7, 11) is 0. The fourth-order valence-electron chi connectivity index (χ4n) is 2.38. The second-order valence-electron chi connectivity index (χ2n) is 6.03. The van der Waals surface area contributed by atoms with Crippen LogP contribution < -0.4 is 15.4 Å². The van der Waals surface area contributed by atoms with Gasteiger partial charge in [-0.05, 0) is 42.8 Å². The molecule has 0 bridgehead atoms. The molecular formula is C21H20ClN3O2. The maximum atomic E-state index is 12.0. The zero-order valence-corrected chi connectivity index (χ0v) is 15.7. The first-order valence-corrected chi connectivity index (χ1v) is 8.90. The standard InChI is InChI=1S/C21H20ClN3O2/c1-15-6-9-18(10-7-15)27-14-21(26)25-17-8-11-20(24-13-17)23-12-16-4-2-3-5-19(16)22/h2-11,13H,12,14H2,1H3,(H,23,24)(H,25,26). The van der Waals surface area contributed by atoms with Crippen LogP contribution in [-0.2, 0) is 11.3 Å². The number of hydrogen-bond donors (Lipinski definition) is 2. The Morgan fingerprint density at radius 3 is 2.56 bits per heavy atom. The van der Waals surface area contributed by atoms with Gasteiger partial charge >= 0.3 is 0 Å². The van der Waals surface area contributed by atoms with Crippen molar-refractivity contribution in [3.8, 4) is 5.75 Å². The van der Waals surface area contributed by atoms with Crippen LogP contribution in [0, 0.1) is 6.92 Å². The molecule has 3 aromatic rings. The first-order valence-electron chi connectivity index (χ1n) is 8.53. The molecule has 0 saturated carbocycles. The van der Waals surface area contributed by atoms with E-state index in [1.165, 1.54) is 0 Å². The third kappa shape index (κ3) is 5.72. The first kappa shape index (κ1) is 18.7. The summed E-state index contributed by atoms with van der Waals surface area (Å²) in [6.45, 7) is 2.51. The Bertz CT molecular complexity index is 896. The number of hydrogen-bond acceptors (Lipinski definition) is 4. The number of ether oxygens (including phenoxy) is 1. The van der Waals surface area contributed by atoms with Gasteiger partial charge in [-0.2, -0.15) is 0 Å². The van der Waals surface area contributed by atoms with Gasteiger partial charge < -0.3 is 15.4 Å². The topological polar surface area (TPSA) is 63.2 Å². The van der Waals surface area contributed by atoms with E-state index in [1.54, 1.807) is 18.3 Å². The Morgan fingerprint density at radius 2 is 1.85 bits per heavy atom. The zero-order chi connectivity index (χ0) is 19.1. The summed E-state index contributed by atoms with van der Waals surface area (Å²) in [5.74, 6) is 1.12. The average molecular weight is 382 g/mol. The van der Waals surface area contributed by atoms with Crippen molar-refractivity contribution in [3.05, 3.63) is 83.0 Å². The second kappa shape index (κ2) is 9.05. The summed E-state index contributed by atoms with van der Waals surface area (Å²) < 4.78 is 5.46. The molecule has 0 aliphatic rings. The van der Waals surface area contributed by atoms with Gasteiger partial charge in [-0.3, -0.25) is 4.79 Å². The van der Waals surface area contributed by atoms with Crippen molar-refractivity contribution in [1.82, 2.24) is 4.98 Å². The predicted molar refractivity (Wildman–Crippen MR) is 108 cm³/mol. The molecule has 2 aromatic carbocycles. The Kier molecular flexibility index (Phi) is 6.28. The van der Waals surface area contributed by atoms with Gasteiger partial charge in [-0.1, -0.05) is 47.5 Å². The predicted octanol–water partition coefficient (Wildman–Crippen LogP) is 4.67. The van der Waals surface area contributed by atoms with E-state index in [1.807, 2.05) is 55.5 Å².